The molecular formula is C23H22N4O4S. The number of nitrogens with one attached hydrogen (secondary N) is 2. The van der Waals surface area contributed by atoms with Crippen LogP contribution in [0.3, 0.4) is 0 Å². The van der Waals surface area contributed by atoms with Crippen LogP contribution in [-0.4, -0.2) is 48.9 Å². The van der Waals surface area contributed by atoms with Gasteiger partial charge >= 0.3 is 0 Å². The predicted octanol–water partition coefficient (Wildman–Crippen LogP) is 2.80. The van der Waals surface area contributed by atoms with Gasteiger partial charge in [-0.3, -0.25) is 4.79 Å². The SMILES string of the molecule is COc1ccc2ccc(S(=O)(=O)NC3CCN(Cc4ccc5nc[nH]c5c4)C3=O)cc2c1. The number of rotatable bonds is 6. The Morgan fingerprint density at radius 2 is 1.97 bits per heavy atom. The first-order valence-electron chi connectivity index (χ1n) is 10.2. The van der Waals surface area contributed by atoms with Gasteiger partial charge < -0.3 is 14.6 Å². The first-order valence-corrected chi connectivity index (χ1v) is 11.7. The summed E-state index contributed by atoms with van der Waals surface area (Å²) in [4.78, 5) is 21.9. The van der Waals surface area contributed by atoms with E-state index in [1.807, 2.05) is 30.3 Å². The van der Waals surface area contributed by atoms with Gasteiger partial charge in [0.05, 0.1) is 29.4 Å². The zero-order valence-corrected chi connectivity index (χ0v) is 18.2. The predicted molar refractivity (Wildman–Crippen MR) is 121 cm³/mol. The van der Waals surface area contributed by atoms with E-state index in [-0.39, 0.29) is 10.8 Å². The van der Waals surface area contributed by atoms with Crippen molar-refractivity contribution >= 4 is 37.7 Å². The van der Waals surface area contributed by atoms with Crippen LogP contribution >= 0.6 is 0 Å². The molecule has 5 rings (SSSR count). The average molecular weight is 451 g/mol. The van der Waals surface area contributed by atoms with Crippen molar-refractivity contribution in [2.75, 3.05) is 13.7 Å². The number of benzene rings is 3. The molecule has 1 fully saturated rings. The molecule has 32 heavy (non-hydrogen) atoms. The van der Waals surface area contributed by atoms with Crippen LogP contribution in [-0.2, 0) is 21.4 Å². The van der Waals surface area contributed by atoms with Gasteiger partial charge in [-0.25, -0.2) is 13.4 Å². The van der Waals surface area contributed by atoms with E-state index in [9.17, 15) is 13.2 Å². The van der Waals surface area contributed by atoms with E-state index in [2.05, 4.69) is 14.7 Å². The smallest absolute Gasteiger partial charge is 0.241 e. The van der Waals surface area contributed by atoms with Crippen LogP contribution in [0.15, 0.2) is 65.8 Å². The Balaban J connectivity index is 1.32. The summed E-state index contributed by atoms with van der Waals surface area (Å²) >= 11 is 0. The Bertz CT molecular complexity index is 1430. The maximum absolute atomic E-state index is 13.0. The van der Waals surface area contributed by atoms with Crippen LogP contribution in [0.5, 0.6) is 5.75 Å². The van der Waals surface area contributed by atoms with Gasteiger partial charge in [-0.05, 0) is 59.2 Å². The van der Waals surface area contributed by atoms with Crippen LogP contribution in [0.2, 0.25) is 0 Å². The van der Waals surface area contributed by atoms with Gasteiger partial charge in [-0.15, -0.1) is 0 Å². The molecule has 0 radical (unpaired) electrons. The van der Waals surface area contributed by atoms with Gasteiger partial charge in [0.2, 0.25) is 15.9 Å². The van der Waals surface area contributed by atoms with Crippen LogP contribution in [0.1, 0.15) is 12.0 Å². The molecule has 164 valence electrons. The third-order valence-corrected chi connectivity index (χ3v) is 7.25. The van der Waals surface area contributed by atoms with E-state index in [0.29, 0.717) is 25.3 Å². The van der Waals surface area contributed by atoms with Crippen molar-refractivity contribution in [3.05, 3.63) is 66.5 Å². The third-order valence-electron chi connectivity index (χ3n) is 5.78. The second-order valence-electron chi connectivity index (χ2n) is 7.85. The Morgan fingerprint density at radius 3 is 2.81 bits per heavy atom. The summed E-state index contributed by atoms with van der Waals surface area (Å²) in [7, 11) is -2.29. The Kier molecular flexibility index (Phi) is 5.07. The minimum absolute atomic E-state index is 0.120. The van der Waals surface area contributed by atoms with Gasteiger partial charge in [0.15, 0.2) is 0 Å². The number of carbonyl (C=O) groups is 1. The number of fused-ring (bicyclic) bond motifs is 2. The molecule has 9 heteroatoms. The molecule has 1 unspecified atom stereocenters. The molecule has 1 aromatic heterocycles. The lowest BCUT2D eigenvalue weighted by Gasteiger charge is -2.17. The van der Waals surface area contributed by atoms with Gasteiger partial charge in [-0.2, -0.15) is 4.72 Å². The molecule has 3 aromatic carbocycles. The van der Waals surface area contributed by atoms with E-state index in [1.54, 1.807) is 42.6 Å². The quantitative estimate of drug-likeness (QED) is 0.470. The summed E-state index contributed by atoms with van der Waals surface area (Å²) in [6.45, 7) is 0.906. The Hall–Kier alpha value is -3.43. The molecule has 8 nitrogen and oxygen atoms in total. The number of likely N-dealkylation sites (tertiary alicyclic amines) is 1. The number of imidazole rings is 1. The van der Waals surface area contributed by atoms with Gasteiger partial charge in [0.1, 0.15) is 11.8 Å². The van der Waals surface area contributed by atoms with Crippen LogP contribution < -0.4 is 9.46 Å². The molecule has 1 aliphatic heterocycles. The summed E-state index contributed by atoms with van der Waals surface area (Å²) in [5.41, 5.74) is 2.72. The molecule has 2 heterocycles. The minimum Gasteiger partial charge on any atom is -0.497 e. The number of methoxy groups -OCH3 is 1. The fourth-order valence-electron chi connectivity index (χ4n) is 4.06. The summed E-state index contributed by atoms with van der Waals surface area (Å²) < 4.78 is 33.8. The molecule has 2 N–H and O–H groups in total. The monoisotopic (exact) mass is 450 g/mol. The number of ether oxygens (including phenoxy) is 1. The number of H-pyrrole nitrogens is 1. The highest BCUT2D eigenvalue weighted by molar-refractivity contribution is 7.89. The Labute approximate surface area is 185 Å². The highest BCUT2D eigenvalue weighted by Gasteiger charge is 2.35. The van der Waals surface area contributed by atoms with Crippen LogP contribution in [0.4, 0.5) is 0 Å². The minimum atomic E-state index is -3.86. The molecular weight excluding hydrogens is 428 g/mol. The normalized spacial score (nSPS) is 16.8. The van der Waals surface area contributed by atoms with Crippen molar-refractivity contribution in [3.8, 4) is 5.75 Å². The van der Waals surface area contributed by atoms with E-state index >= 15 is 0 Å². The summed E-state index contributed by atoms with van der Waals surface area (Å²) in [5, 5.41) is 1.66. The number of aromatic nitrogens is 2. The van der Waals surface area contributed by atoms with Gasteiger partial charge in [0, 0.05) is 13.1 Å². The van der Waals surface area contributed by atoms with Crippen molar-refractivity contribution in [3.63, 3.8) is 0 Å². The number of nitrogens with zero attached hydrogens (tertiary/aromatic N) is 2. The van der Waals surface area contributed by atoms with E-state index in [0.717, 1.165) is 27.4 Å². The topological polar surface area (TPSA) is 104 Å². The lowest BCUT2D eigenvalue weighted by atomic mass is 10.1. The number of hydrogen-bond donors (Lipinski definition) is 2. The maximum Gasteiger partial charge on any atom is 0.241 e. The van der Waals surface area contributed by atoms with Gasteiger partial charge in [0.25, 0.3) is 0 Å². The molecule has 1 aliphatic rings. The molecule has 1 atom stereocenters. The highest BCUT2D eigenvalue weighted by atomic mass is 32.2. The first kappa shape index (κ1) is 20.5. The summed E-state index contributed by atoms with van der Waals surface area (Å²) in [5.74, 6) is 0.427. The number of aromatic amines is 1. The molecule has 0 saturated carbocycles. The fourth-order valence-corrected chi connectivity index (χ4v) is 5.32. The third kappa shape index (κ3) is 3.80. The molecule has 1 saturated heterocycles. The lowest BCUT2D eigenvalue weighted by molar-refractivity contribution is -0.129. The van der Waals surface area contributed by atoms with Crippen LogP contribution in [0.25, 0.3) is 21.8 Å². The zero-order chi connectivity index (χ0) is 22.3. The highest BCUT2D eigenvalue weighted by Crippen LogP contribution is 2.25. The maximum atomic E-state index is 13.0. The average Bonchev–Trinajstić information content (AvgIpc) is 3.39. The van der Waals surface area contributed by atoms with Gasteiger partial charge in [-0.1, -0.05) is 18.2 Å². The fraction of sp³-hybridized carbons (Fsp3) is 0.217. The first-order chi connectivity index (χ1) is 15.4. The zero-order valence-electron chi connectivity index (χ0n) is 17.4. The second kappa shape index (κ2) is 7.92. The van der Waals surface area contributed by atoms with Crippen molar-refractivity contribution in [1.29, 1.82) is 0 Å². The number of hydrogen-bond acceptors (Lipinski definition) is 5. The number of carbonyl (C=O) groups excluding carboxylic acids is 1. The molecule has 0 aliphatic carbocycles. The van der Waals surface area contributed by atoms with E-state index in [1.165, 1.54) is 0 Å². The second-order valence-corrected chi connectivity index (χ2v) is 9.57. The van der Waals surface area contributed by atoms with E-state index < -0.39 is 16.1 Å². The van der Waals surface area contributed by atoms with E-state index in [4.69, 9.17) is 4.74 Å². The number of sulfonamides is 1. The molecule has 0 spiro atoms. The van der Waals surface area contributed by atoms with Crippen molar-refractivity contribution in [1.82, 2.24) is 19.6 Å². The van der Waals surface area contributed by atoms with Crippen molar-refractivity contribution in [2.45, 2.75) is 23.9 Å². The standard InChI is InChI=1S/C23H22N4O4S/c1-31-18-5-3-16-4-6-19(12-17(16)11-18)32(29,30)26-21-8-9-27(23(21)28)13-15-2-7-20-22(10-15)25-14-24-20/h2-7,10-12,14,21,26H,8-9,13H2,1H3,(H,24,25). The molecule has 0 bridgehead atoms. The lowest BCUT2D eigenvalue weighted by Crippen LogP contribution is -2.41. The van der Waals surface area contributed by atoms with Crippen LogP contribution in [0, 0.1) is 0 Å². The van der Waals surface area contributed by atoms with Crippen molar-refractivity contribution in [2.24, 2.45) is 0 Å². The molecule has 4 aromatic rings. The Morgan fingerprint density at radius 1 is 1.12 bits per heavy atom. The number of amides is 1. The summed E-state index contributed by atoms with van der Waals surface area (Å²) in [6.07, 6.45) is 2.05. The van der Waals surface area contributed by atoms with Crippen molar-refractivity contribution < 1.29 is 17.9 Å². The largest absolute Gasteiger partial charge is 0.497 e. The summed E-state index contributed by atoms with van der Waals surface area (Å²) in [6, 6.07) is 15.4. The molecule has 1 amide bonds.